The average Bonchev–Trinajstić information content (AvgIpc) is 3.07. The van der Waals surface area contributed by atoms with Crippen LogP contribution in [0.3, 0.4) is 0 Å². The predicted molar refractivity (Wildman–Crippen MR) is 122 cm³/mol. The Kier molecular flexibility index (Phi) is 7.08. The third kappa shape index (κ3) is 5.42. The number of likely N-dealkylation sites (N-methyl/N-ethyl adjacent to an activating group) is 1. The molecule has 0 aliphatic carbocycles. The molecule has 0 saturated carbocycles. The van der Waals surface area contributed by atoms with Crippen LogP contribution in [-0.2, 0) is 6.54 Å². The van der Waals surface area contributed by atoms with Crippen molar-refractivity contribution in [2.24, 2.45) is 0 Å². The third-order valence-electron chi connectivity index (χ3n) is 6.21. The molecule has 30 heavy (non-hydrogen) atoms. The number of nitrogens with zero attached hydrogens (tertiary/aromatic N) is 3. The van der Waals surface area contributed by atoms with Crippen LogP contribution in [0.15, 0.2) is 35.7 Å². The first kappa shape index (κ1) is 21.3. The number of ether oxygens (including phenoxy) is 1. The van der Waals surface area contributed by atoms with Crippen LogP contribution in [0.25, 0.3) is 0 Å². The minimum absolute atomic E-state index is 0.172. The minimum atomic E-state index is 0.172. The smallest absolute Gasteiger partial charge is 0.264 e. The number of benzene rings is 1. The maximum absolute atomic E-state index is 12.7. The van der Waals surface area contributed by atoms with Crippen molar-refractivity contribution in [2.45, 2.75) is 38.8 Å². The van der Waals surface area contributed by atoms with Gasteiger partial charge in [-0.05, 0) is 68.2 Å². The van der Waals surface area contributed by atoms with Crippen LogP contribution in [-0.4, -0.2) is 73.0 Å². The van der Waals surface area contributed by atoms with Gasteiger partial charge in [-0.2, -0.15) is 0 Å². The molecule has 0 bridgehead atoms. The number of aryl methyl sites for hydroxylation is 1. The number of hydrogen-bond acceptors (Lipinski definition) is 5. The predicted octanol–water partition coefficient (Wildman–Crippen LogP) is 3.88. The van der Waals surface area contributed by atoms with Crippen molar-refractivity contribution in [3.63, 3.8) is 0 Å². The van der Waals surface area contributed by atoms with Crippen molar-refractivity contribution in [1.82, 2.24) is 14.7 Å². The minimum Gasteiger partial charge on any atom is -0.490 e. The van der Waals surface area contributed by atoms with E-state index in [4.69, 9.17) is 4.74 Å². The Morgan fingerprint density at radius 1 is 1.10 bits per heavy atom. The van der Waals surface area contributed by atoms with Gasteiger partial charge in [-0.25, -0.2) is 0 Å². The Morgan fingerprint density at radius 2 is 1.93 bits per heavy atom. The molecule has 4 rings (SSSR count). The van der Waals surface area contributed by atoms with E-state index in [2.05, 4.69) is 41.1 Å². The lowest BCUT2D eigenvalue weighted by molar-refractivity contribution is 0.0599. The Bertz CT molecular complexity index is 844. The van der Waals surface area contributed by atoms with E-state index in [9.17, 15) is 4.79 Å². The maximum atomic E-state index is 12.7. The fraction of sp³-hybridized carbons (Fsp3) is 0.542. The number of piperidine rings is 1. The van der Waals surface area contributed by atoms with Crippen LogP contribution in [0.5, 0.6) is 5.75 Å². The van der Waals surface area contributed by atoms with Crippen molar-refractivity contribution in [3.8, 4) is 5.75 Å². The summed E-state index contributed by atoms with van der Waals surface area (Å²) in [6.07, 6.45) is 3.19. The highest BCUT2D eigenvalue weighted by molar-refractivity contribution is 7.12. The quantitative estimate of drug-likeness (QED) is 0.726. The zero-order valence-corrected chi connectivity index (χ0v) is 19.0. The summed E-state index contributed by atoms with van der Waals surface area (Å²) in [5, 5.41) is 2.00. The number of likely N-dealkylation sites (tertiary alicyclic amines) is 1. The highest BCUT2D eigenvalue weighted by Crippen LogP contribution is 2.24. The van der Waals surface area contributed by atoms with Crippen LogP contribution in [0.2, 0.25) is 0 Å². The van der Waals surface area contributed by atoms with Gasteiger partial charge in [0, 0.05) is 45.6 Å². The first-order chi connectivity index (χ1) is 14.6. The molecule has 1 aromatic heterocycles. The number of amides is 1. The molecule has 0 unspecified atom stereocenters. The van der Waals surface area contributed by atoms with Crippen LogP contribution in [0, 0.1) is 6.92 Å². The number of carbonyl (C=O) groups is 1. The van der Waals surface area contributed by atoms with Crippen LogP contribution in [0.1, 0.15) is 40.1 Å². The van der Waals surface area contributed by atoms with Crippen LogP contribution >= 0.6 is 11.3 Å². The average molecular weight is 428 g/mol. The fourth-order valence-electron chi connectivity index (χ4n) is 4.34. The number of rotatable bonds is 5. The zero-order valence-electron chi connectivity index (χ0n) is 18.2. The van der Waals surface area contributed by atoms with E-state index in [1.54, 1.807) is 11.3 Å². The van der Waals surface area contributed by atoms with Crippen molar-refractivity contribution < 1.29 is 9.53 Å². The second-order valence-corrected chi connectivity index (χ2v) is 9.54. The number of carbonyl (C=O) groups excluding carboxylic acids is 1. The first-order valence-corrected chi connectivity index (χ1v) is 12.0. The monoisotopic (exact) mass is 427 g/mol. The van der Waals surface area contributed by atoms with Gasteiger partial charge < -0.3 is 14.5 Å². The topological polar surface area (TPSA) is 36.0 Å². The summed E-state index contributed by atoms with van der Waals surface area (Å²) in [7, 11) is 2.21. The summed E-state index contributed by atoms with van der Waals surface area (Å²) in [6, 6.07) is 10.6. The Hall–Kier alpha value is -1.89. The molecule has 0 N–H and O–H groups in total. The van der Waals surface area contributed by atoms with E-state index < -0.39 is 0 Å². The fourth-order valence-corrected chi connectivity index (χ4v) is 5.23. The summed E-state index contributed by atoms with van der Waals surface area (Å²) >= 11 is 1.54. The number of thiophene rings is 1. The standard InChI is InChI=1S/C24H33N3O2S/c1-19-9-16-30-23(19)24(28)27-12-7-21(8-13-27)29-22-6-3-5-20(17-22)18-26-11-4-10-25(2)14-15-26/h3,5-6,9,16-17,21H,4,7-8,10-15,18H2,1-2H3. The van der Waals surface area contributed by atoms with Gasteiger partial charge in [-0.3, -0.25) is 9.69 Å². The van der Waals surface area contributed by atoms with E-state index in [0.717, 1.165) is 68.3 Å². The lowest BCUT2D eigenvalue weighted by Gasteiger charge is -2.32. The lowest BCUT2D eigenvalue weighted by Crippen LogP contribution is -2.41. The summed E-state index contributed by atoms with van der Waals surface area (Å²) in [5.41, 5.74) is 2.40. The molecule has 5 nitrogen and oxygen atoms in total. The van der Waals surface area contributed by atoms with Crippen LogP contribution < -0.4 is 4.74 Å². The molecule has 0 radical (unpaired) electrons. The number of hydrogen-bond donors (Lipinski definition) is 0. The molecule has 162 valence electrons. The zero-order chi connectivity index (χ0) is 20.9. The molecule has 2 aromatic rings. The second-order valence-electron chi connectivity index (χ2n) is 8.62. The summed E-state index contributed by atoms with van der Waals surface area (Å²) in [5.74, 6) is 1.13. The second kappa shape index (κ2) is 9.94. The van der Waals surface area contributed by atoms with Crippen molar-refractivity contribution >= 4 is 17.2 Å². The third-order valence-corrected chi connectivity index (χ3v) is 7.21. The molecule has 0 atom stereocenters. The molecular formula is C24H33N3O2S. The molecule has 2 saturated heterocycles. The normalized spacial score (nSPS) is 19.6. The van der Waals surface area contributed by atoms with Crippen molar-refractivity contribution in [3.05, 3.63) is 51.7 Å². The van der Waals surface area contributed by atoms with E-state index in [-0.39, 0.29) is 12.0 Å². The van der Waals surface area contributed by atoms with Crippen molar-refractivity contribution in [2.75, 3.05) is 46.3 Å². The molecule has 2 fully saturated rings. The van der Waals surface area contributed by atoms with Gasteiger partial charge in [-0.15, -0.1) is 11.3 Å². The molecule has 2 aliphatic heterocycles. The van der Waals surface area contributed by atoms with Gasteiger partial charge in [0.05, 0.1) is 4.88 Å². The summed E-state index contributed by atoms with van der Waals surface area (Å²) < 4.78 is 6.31. The molecular weight excluding hydrogens is 394 g/mol. The lowest BCUT2D eigenvalue weighted by atomic mass is 10.1. The maximum Gasteiger partial charge on any atom is 0.264 e. The summed E-state index contributed by atoms with van der Waals surface area (Å²) in [4.78, 5) is 20.5. The molecule has 1 amide bonds. The van der Waals surface area contributed by atoms with Gasteiger partial charge in [0.2, 0.25) is 0 Å². The molecule has 6 heteroatoms. The van der Waals surface area contributed by atoms with Crippen molar-refractivity contribution in [1.29, 1.82) is 0 Å². The van der Waals surface area contributed by atoms with Gasteiger partial charge in [0.1, 0.15) is 11.9 Å². The van der Waals surface area contributed by atoms with Gasteiger partial charge in [0.15, 0.2) is 0 Å². The largest absolute Gasteiger partial charge is 0.490 e. The van der Waals surface area contributed by atoms with E-state index in [0.29, 0.717) is 0 Å². The highest BCUT2D eigenvalue weighted by atomic mass is 32.1. The Morgan fingerprint density at radius 3 is 2.70 bits per heavy atom. The molecule has 0 spiro atoms. The van der Waals surface area contributed by atoms with E-state index in [1.165, 1.54) is 18.5 Å². The van der Waals surface area contributed by atoms with Gasteiger partial charge in [-0.1, -0.05) is 12.1 Å². The molecule has 2 aliphatic rings. The first-order valence-electron chi connectivity index (χ1n) is 11.1. The molecule has 1 aromatic carbocycles. The Balaban J connectivity index is 1.28. The summed E-state index contributed by atoms with van der Waals surface area (Å²) in [6.45, 7) is 9.13. The van der Waals surface area contributed by atoms with Gasteiger partial charge >= 0.3 is 0 Å². The van der Waals surface area contributed by atoms with E-state index in [1.807, 2.05) is 23.3 Å². The Labute approximate surface area is 184 Å². The van der Waals surface area contributed by atoms with Crippen LogP contribution in [0.4, 0.5) is 0 Å². The van der Waals surface area contributed by atoms with E-state index >= 15 is 0 Å². The highest BCUT2D eigenvalue weighted by Gasteiger charge is 2.26. The molecule has 3 heterocycles. The van der Waals surface area contributed by atoms with Gasteiger partial charge in [0.25, 0.3) is 5.91 Å². The SMILES string of the molecule is Cc1ccsc1C(=O)N1CCC(Oc2cccc(CN3CCCN(C)CC3)c2)CC1.